The van der Waals surface area contributed by atoms with E-state index in [2.05, 4.69) is 5.32 Å². The van der Waals surface area contributed by atoms with Crippen LogP contribution in [0.4, 0.5) is 18.9 Å². The fraction of sp³-hybridized carbons (Fsp3) is 0.0833. The number of carbonyl (C=O) groups is 2. The van der Waals surface area contributed by atoms with E-state index in [1.54, 1.807) is 55.6 Å². The Morgan fingerprint density at radius 2 is 1.64 bits per heavy atom. The van der Waals surface area contributed by atoms with Gasteiger partial charge in [-0.3, -0.25) is 4.79 Å². The first-order valence-electron chi connectivity index (χ1n) is 9.56. The van der Waals surface area contributed by atoms with Crippen LogP contribution in [0.2, 0.25) is 0 Å². The molecule has 4 aromatic rings. The molecule has 9 heteroatoms. The molecule has 1 radical (unpaired) electrons. The third-order valence-electron chi connectivity index (χ3n) is 5.20. The number of rotatable bonds is 4. The van der Waals surface area contributed by atoms with E-state index in [0.29, 0.717) is 27.7 Å². The number of hydrogen-bond donors (Lipinski definition) is 2. The minimum Gasteiger partial charge on any atom is -0.477 e. The smallest absolute Gasteiger partial charge is 0.416 e. The van der Waals surface area contributed by atoms with E-state index in [-0.39, 0.29) is 62.6 Å². The number of carboxylic acids is 1. The molecule has 4 rings (SSSR count). The number of carbonyl (C=O) groups excluding carboxylic acids is 1. The van der Waals surface area contributed by atoms with Gasteiger partial charge in [0.25, 0.3) is 5.91 Å². The number of alkyl halides is 3. The number of nitrogens with one attached hydrogen (secondary N) is 1. The molecule has 0 aliphatic carbocycles. The summed E-state index contributed by atoms with van der Waals surface area (Å²) in [6, 6.07) is 18.0. The molecule has 0 saturated carbocycles. The Labute approximate surface area is 229 Å². The molecule has 3 aromatic carbocycles. The maximum absolute atomic E-state index is 13.3. The van der Waals surface area contributed by atoms with Crippen molar-refractivity contribution in [2.24, 2.45) is 7.05 Å². The van der Waals surface area contributed by atoms with Gasteiger partial charge in [0, 0.05) is 80.6 Å². The van der Waals surface area contributed by atoms with Crippen molar-refractivity contribution in [2.45, 2.75) is 6.18 Å². The van der Waals surface area contributed by atoms with Crippen molar-refractivity contribution >= 4 is 79.9 Å². The van der Waals surface area contributed by atoms with Crippen LogP contribution in [-0.4, -0.2) is 72.9 Å². The zero-order valence-electron chi connectivity index (χ0n) is 17.8. The van der Waals surface area contributed by atoms with E-state index in [9.17, 15) is 27.9 Å². The zero-order chi connectivity index (χ0) is 23.0. The maximum atomic E-state index is 13.3. The fourth-order valence-corrected chi connectivity index (χ4v) is 3.61. The number of anilines is 1. The number of aromatic carboxylic acids is 1. The van der Waals surface area contributed by atoms with Crippen LogP contribution >= 0.6 is 0 Å². The Kier molecular flexibility index (Phi) is 7.50. The molecule has 1 aromatic heterocycles. The second kappa shape index (κ2) is 9.82. The van der Waals surface area contributed by atoms with Gasteiger partial charge in [-0.15, -0.1) is 0 Å². The van der Waals surface area contributed by atoms with Crippen LogP contribution in [0, 0.1) is 0 Å². The van der Waals surface area contributed by atoms with E-state index in [1.165, 1.54) is 16.7 Å². The SMILES string of the molecule is Cn1c(C(=O)O)cc2cc(NC(=O)c3cc(C(F)(F)F)ccc3-c3ccccc3)ccc21.[K]. The Hall–Kier alpha value is -2.43. The van der Waals surface area contributed by atoms with E-state index in [1.807, 2.05) is 0 Å². The van der Waals surface area contributed by atoms with E-state index in [4.69, 9.17) is 0 Å². The van der Waals surface area contributed by atoms with Crippen LogP contribution in [-0.2, 0) is 13.2 Å². The van der Waals surface area contributed by atoms with Gasteiger partial charge in [0.05, 0.1) is 5.56 Å². The van der Waals surface area contributed by atoms with Crippen LogP contribution in [0.1, 0.15) is 26.4 Å². The third kappa shape index (κ3) is 5.23. The summed E-state index contributed by atoms with van der Waals surface area (Å²) in [5.41, 5.74) is 0.983. The van der Waals surface area contributed by atoms with Crippen LogP contribution in [0.3, 0.4) is 0 Å². The summed E-state index contributed by atoms with van der Waals surface area (Å²) in [5, 5.41) is 12.5. The summed E-state index contributed by atoms with van der Waals surface area (Å²) >= 11 is 0. The molecule has 2 N–H and O–H groups in total. The number of carboxylic acid groups (broad SMARTS) is 1. The Morgan fingerprint density at radius 1 is 0.939 bits per heavy atom. The summed E-state index contributed by atoms with van der Waals surface area (Å²) in [6.07, 6.45) is -4.60. The number of amides is 1. The first-order chi connectivity index (χ1) is 15.1. The van der Waals surface area contributed by atoms with Gasteiger partial charge in [-0.2, -0.15) is 13.2 Å². The molecular formula is C24H17F3KN2O3. The molecule has 0 bridgehead atoms. The number of nitrogens with zero attached hydrogens (tertiary/aromatic N) is 1. The number of fused-ring (bicyclic) bond motifs is 1. The Morgan fingerprint density at radius 3 is 2.27 bits per heavy atom. The molecule has 0 unspecified atom stereocenters. The zero-order valence-corrected chi connectivity index (χ0v) is 20.9. The van der Waals surface area contributed by atoms with E-state index < -0.39 is 23.6 Å². The summed E-state index contributed by atoms with van der Waals surface area (Å²) in [7, 11) is 1.61. The average Bonchev–Trinajstić information content (AvgIpc) is 3.09. The van der Waals surface area contributed by atoms with E-state index >= 15 is 0 Å². The molecule has 0 aliphatic heterocycles. The number of aromatic nitrogens is 1. The molecule has 5 nitrogen and oxygen atoms in total. The standard InChI is InChI=1S/C24H17F3N2O3.K/c1-29-20-10-8-17(11-15(20)12-21(29)23(31)32)28-22(30)19-13-16(24(25,26)27)7-9-18(19)14-5-3-2-4-6-14;/h2-13H,1H3,(H,28,30)(H,31,32);. The van der Waals surface area contributed by atoms with Gasteiger partial charge in [0.2, 0.25) is 0 Å². The Bertz CT molecular complexity index is 1350. The summed E-state index contributed by atoms with van der Waals surface area (Å²) < 4.78 is 41.4. The number of aryl methyl sites for hydroxylation is 1. The van der Waals surface area contributed by atoms with Crippen molar-refractivity contribution in [3.63, 3.8) is 0 Å². The van der Waals surface area contributed by atoms with Crippen molar-refractivity contribution in [2.75, 3.05) is 5.32 Å². The summed E-state index contributed by atoms with van der Waals surface area (Å²) in [5.74, 6) is -1.80. The second-order valence-electron chi connectivity index (χ2n) is 7.25. The van der Waals surface area contributed by atoms with Gasteiger partial charge in [-0.05, 0) is 47.5 Å². The van der Waals surface area contributed by atoms with Gasteiger partial charge in [0.15, 0.2) is 0 Å². The van der Waals surface area contributed by atoms with Gasteiger partial charge >= 0.3 is 12.1 Å². The van der Waals surface area contributed by atoms with Crippen molar-refractivity contribution in [1.29, 1.82) is 0 Å². The minimum absolute atomic E-state index is 0. The van der Waals surface area contributed by atoms with Gasteiger partial charge < -0.3 is 15.0 Å². The minimum atomic E-state index is -4.60. The van der Waals surface area contributed by atoms with E-state index in [0.717, 1.165) is 12.1 Å². The molecule has 0 saturated heterocycles. The number of hydrogen-bond acceptors (Lipinski definition) is 2. The number of halogens is 3. The first kappa shape index (κ1) is 25.2. The Balaban J connectivity index is 0.00000306. The largest absolute Gasteiger partial charge is 0.477 e. The quantitative estimate of drug-likeness (QED) is 0.385. The van der Waals surface area contributed by atoms with Crippen LogP contribution in [0.5, 0.6) is 0 Å². The first-order valence-corrected chi connectivity index (χ1v) is 9.56. The number of benzene rings is 3. The fourth-order valence-electron chi connectivity index (χ4n) is 3.61. The molecule has 163 valence electrons. The molecule has 33 heavy (non-hydrogen) atoms. The monoisotopic (exact) mass is 477 g/mol. The van der Waals surface area contributed by atoms with Crippen LogP contribution < -0.4 is 5.32 Å². The molecule has 0 fully saturated rings. The van der Waals surface area contributed by atoms with Crippen molar-refractivity contribution in [1.82, 2.24) is 4.57 Å². The molecule has 0 atom stereocenters. The second-order valence-corrected chi connectivity index (χ2v) is 7.25. The summed E-state index contributed by atoms with van der Waals surface area (Å²) in [6.45, 7) is 0. The van der Waals surface area contributed by atoms with Crippen LogP contribution in [0.25, 0.3) is 22.0 Å². The van der Waals surface area contributed by atoms with Gasteiger partial charge in [-0.25, -0.2) is 4.79 Å². The van der Waals surface area contributed by atoms with Gasteiger partial charge in [-0.1, -0.05) is 36.4 Å². The van der Waals surface area contributed by atoms with Crippen molar-refractivity contribution in [3.05, 3.63) is 89.6 Å². The third-order valence-corrected chi connectivity index (χ3v) is 5.20. The summed E-state index contributed by atoms with van der Waals surface area (Å²) in [4.78, 5) is 24.4. The van der Waals surface area contributed by atoms with Crippen molar-refractivity contribution < 1.29 is 27.9 Å². The molecule has 0 aliphatic rings. The average molecular weight is 478 g/mol. The van der Waals surface area contributed by atoms with Crippen molar-refractivity contribution in [3.8, 4) is 11.1 Å². The van der Waals surface area contributed by atoms with Crippen LogP contribution in [0.15, 0.2) is 72.8 Å². The predicted molar refractivity (Wildman–Crippen MR) is 120 cm³/mol. The van der Waals surface area contributed by atoms with Gasteiger partial charge in [0.1, 0.15) is 5.69 Å². The topological polar surface area (TPSA) is 71.3 Å². The molecule has 1 amide bonds. The normalized spacial score (nSPS) is 11.2. The molecular weight excluding hydrogens is 460 g/mol. The molecule has 0 spiro atoms. The molecule has 1 heterocycles. The predicted octanol–water partition coefficient (Wildman–Crippen LogP) is 5.43. The maximum Gasteiger partial charge on any atom is 0.416 e.